The second-order valence-electron chi connectivity index (χ2n) is 13.8. The van der Waals surface area contributed by atoms with Gasteiger partial charge in [-0.05, 0) is 81.5 Å². The van der Waals surface area contributed by atoms with E-state index in [9.17, 15) is 0 Å². The van der Waals surface area contributed by atoms with Crippen LogP contribution in [0, 0.1) is 0 Å². The van der Waals surface area contributed by atoms with Gasteiger partial charge in [0.1, 0.15) is 6.33 Å². The fourth-order valence-electron chi connectivity index (χ4n) is 6.13. The molecule has 6 rings (SSSR count). The third kappa shape index (κ3) is 9.44. The van der Waals surface area contributed by atoms with Crippen molar-refractivity contribution >= 4 is 32.7 Å². The summed E-state index contributed by atoms with van der Waals surface area (Å²) in [6, 6.07) is 17.4. The molecule has 0 bridgehead atoms. The molecular weight excluding hydrogens is 601 g/mol. The van der Waals surface area contributed by atoms with Crippen molar-refractivity contribution in [2.75, 3.05) is 0 Å². The largest absolute Gasteiger partial charge is 0.244 e. The highest BCUT2D eigenvalue weighted by molar-refractivity contribution is 5.86. The van der Waals surface area contributed by atoms with Crippen LogP contribution in [0.25, 0.3) is 32.7 Å². The van der Waals surface area contributed by atoms with Gasteiger partial charge in [0.15, 0.2) is 0 Å². The molecule has 0 unspecified atom stereocenters. The quantitative estimate of drug-likeness (QED) is 0.177. The van der Waals surface area contributed by atoms with Crippen molar-refractivity contribution in [2.24, 2.45) is 0 Å². The van der Waals surface area contributed by atoms with Gasteiger partial charge in [0.05, 0.1) is 28.9 Å². The molecular formula is C43H58N6. The van der Waals surface area contributed by atoms with E-state index in [-0.39, 0.29) is 0 Å². The molecule has 6 aromatic rings. The fourth-order valence-corrected chi connectivity index (χ4v) is 6.13. The van der Waals surface area contributed by atoms with Crippen molar-refractivity contribution in [1.29, 1.82) is 0 Å². The Bertz CT molecular complexity index is 1740. The Labute approximate surface area is 295 Å². The molecule has 0 saturated heterocycles. The van der Waals surface area contributed by atoms with Crippen LogP contribution in [0.2, 0.25) is 0 Å². The van der Waals surface area contributed by atoms with Crippen LogP contribution in [-0.4, -0.2) is 30.4 Å². The first kappa shape index (κ1) is 39.1. The molecule has 6 heteroatoms. The van der Waals surface area contributed by atoms with Crippen molar-refractivity contribution in [3.05, 3.63) is 107 Å². The molecule has 0 aliphatic rings. The zero-order valence-electron chi connectivity index (χ0n) is 32.2. The summed E-state index contributed by atoms with van der Waals surface area (Å²) < 4.78 is 0. The average molecular weight is 659 g/mol. The first-order chi connectivity index (χ1) is 23.5. The summed E-state index contributed by atoms with van der Waals surface area (Å²) in [5.74, 6) is 2.55. The number of hydrogen-bond acceptors (Lipinski definition) is 6. The van der Waals surface area contributed by atoms with Crippen molar-refractivity contribution in [1.82, 2.24) is 30.4 Å². The predicted molar refractivity (Wildman–Crippen MR) is 210 cm³/mol. The Morgan fingerprint density at radius 1 is 0.469 bits per heavy atom. The fraction of sp³-hybridized carbons (Fsp3) is 0.442. The van der Waals surface area contributed by atoms with Crippen molar-refractivity contribution in [2.45, 2.75) is 126 Å². The summed E-state index contributed by atoms with van der Waals surface area (Å²) in [5.41, 5.74) is 11.1. The third-order valence-corrected chi connectivity index (χ3v) is 8.78. The van der Waals surface area contributed by atoms with Gasteiger partial charge in [-0.25, -0.2) is 9.97 Å². The lowest BCUT2D eigenvalue weighted by atomic mass is 9.92. The van der Waals surface area contributed by atoms with Crippen LogP contribution in [0.5, 0.6) is 0 Å². The Morgan fingerprint density at radius 2 is 0.878 bits per heavy atom. The summed E-state index contributed by atoms with van der Waals surface area (Å²) in [5, 5.41) is 20.2. The SMILES string of the molecule is CC.CC(C)c1ccc(C(C)C)c2ncncc12.CC(C)c1ccc(C(C)C)c2nnccc12.CCc1ccc(C(C)C)c2ccnnc12. The van der Waals surface area contributed by atoms with Gasteiger partial charge in [0.25, 0.3) is 0 Å². The molecule has 0 spiro atoms. The van der Waals surface area contributed by atoms with Crippen LogP contribution in [0.4, 0.5) is 0 Å². The van der Waals surface area contributed by atoms with E-state index in [2.05, 4.69) is 155 Å². The van der Waals surface area contributed by atoms with Crippen molar-refractivity contribution in [3.63, 3.8) is 0 Å². The smallest absolute Gasteiger partial charge is 0.116 e. The highest BCUT2D eigenvalue weighted by Gasteiger charge is 2.13. The van der Waals surface area contributed by atoms with Gasteiger partial charge in [-0.3, -0.25) is 0 Å². The molecule has 6 nitrogen and oxygen atoms in total. The highest BCUT2D eigenvalue weighted by atomic mass is 15.1. The lowest BCUT2D eigenvalue weighted by molar-refractivity contribution is 0.851. The number of benzene rings is 3. The van der Waals surface area contributed by atoms with Crippen molar-refractivity contribution in [3.8, 4) is 0 Å². The lowest BCUT2D eigenvalue weighted by Crippen LogP contribution is -1.98. The van der Waals surface area contributed by atoms with Gasteiger partial charge < -0.3 is 0 Å². The molecule has 0 N–H and O–H groups in total. The van der Waals surface area contributed by atoms with E-state index in [0.717, 1.165) is 23.0 Å². The van der Waals surface area contributed by atoms with E-state index >= 15 is 0 Å². The summed E-state index contributed by atoms with van der Waals surface area (Å²) in [7, 11) is 0. The molecule has 49 heavy (non-hydrogen) atoms. The second kappa shape index (κ2) is 18.4. The molecule has 0 aliphatic heterocycles. The second-order valence-corrected chi connectivity index (χ2v) is 13.8. The lowest BCUT2D eigenvalue weighted by Gasteiger charge is -2.14. The van der Waals surface area contributed by atoms with E-state index in [1.807, 2.05) is 20.0 Å². The van der Waals surface area contributed by atoms with Gasteiger partial charge in [0, 0.05) is 22.4 Å². The summed E-state index contributed by atoms with van der Waals surface area (Å²) >= 11 is 0. The van der Waals surface area contributed by atoms with Crippen LogP contribution in [-0.2, 0) is 6.42 Å². The molecule has 0 atom stereocenters. The molecule has 0 radical (unpaired) electrons. The topological polar surface area (TPSA) is 77.3 Å². The molecule has 3 aromatic carbocycles. The minimum absolute atomic E-state index is 0.486. The minimum Gasteiger partial charge on any atom is -0.244 e. The molecule has 3 heterocycles. The normalized spacial score (nSPS) is 11.1. The zero-order chi connectivity index (χ0) is 36.2. The summed E-state index contributed by atoms with van der Waals surface area (Å²) in [4.78, 5) is 8.58. The molecule has 0 saturated carbocycles. The monoisotopic (exact) mass is 658 g/mol. The van der Waals surface area contributed by atoms with Crippen LogP contribution in [0.15, 0.2) is 73.4 Å². The van der Waals surface area contributed by atoms with E-state index < -0.39 is 0 Å². The Kier molecular flexibility index (Phi) is 14.7. The third-order valence-electron chi connectivity index (χ3n) is 8.78. The van der Waals surface area contributed by atoms with E-state index in [4.69, 9.17) is 0 Å². The molecule has 260 valence electrons. The number of rotatable bonds is 6. The predicted octanol–water partition coefficient (Wildman–Crippen LogP) is 12.1. The van der Waals surface area contributed by atoms with Gasteiger partial charge in [0.2, 0.25) is 0 Å². The maximum absolute atomic E-state index is 4.43. The van der Waals surface area contributed by atoms with Crippen molar-refractivity contribution < 1.29 is 0 Å². The molecule has 0 amide bonds. The maximum atomic E-state index is 4.43. The van der Waals surface area contributed by atoms with E-state index in [1.54, 1.807) is 18.7 Å². The number of aromatic nitrogens is 6. The van der Waals surface area contributed by atoms with E-state index in [1.165, 1.54) is 49.5 Å². The summed E-state index contributed by atoms with van der Waals surface area (Å²) in [6.07, 6.45) is 8.13. The first-order valence-corrected chi connectivity index (χ1v) is 18.2. The maximum Gasteiger partial charge on any atom is 0.116 e. The molecule has 3 aromatic heterocycles. The van der Waals surface area contributed by atoms with Gasteiger partial charge in [-0.1, -0.05) is 126 Å². The highest BCUT2D eigenvalue weighted by Crippen LogP contribution is 2.31. The van der Waals surface area contributed by atoms with Crippen LogP contribution < -0.4 is 0 Å². The standard InChI is InChI=1S/2C14H18N2.C13H16N2.C2H6/c1-9(2)11-5-6-12(10(3)4)14-13(11)7-15-8-16-14;1-9(2)11-5-6-12(10(3)4)14-13(11)7-8-15-16-14;1-4-10-5-6-11(9(2)3)12-7-8-14-15-13(10)12;1-2/h2*5-10H,1-4H3;5-9H,4H2,1-3H3;1-2H3. The molecule has 0 aliphatic carbocycles. The number of aryl methyl sites for hydroxylation is 1. The minimum atomic E-state index is 0.486. The van der Waals surface area contributed by atoms with Crippen LogP contribution >= 0.6 is 0 Å². The average Bonchev–Trinajstić information content (AvgIpc) is 3.11. The Morgan fingerprint density at radius 3 is 1.37 bits per heavy atom. The van der Waals surface area contributed by atoms with Crippen LogP contribution in [0.3, 0.4) is 0 Å². The van der Waals surface area contributed by atoms with Crippen LogP contribution in [0.1, 0.15) is 153 Å². The van der Waals surface area contributed by atoms with Gasteiger partial charge >= 0.3 is 0 Å². The zero-order valence-corrected chi connectivity index (χ0v) is 32.2. The number of fused-ring (bicyclic) bond motifs is 3. The Balaban J connectivity index is 0.000000194. The Hall–Kier alpha value is -4.32. The number of nitrogens with zero attached hydrogens (tertiary/aromatic N) is 6. The first-order valence-electron chi connectivity index (χ1n) is 18.2. The van der Waals surface area contributed by atoms with Gasteiger partial charge in [-0.15, -0.1) is 0 Å². The van der Waals surface area contributed by atoms with E-state index in [0.29, 0.717) is 29.6 Å². The number of hydrogen-bond donors (Lipinski definition) is 0. The molecule has 0 fully saturated rings. The van der Waals surface area contributed by atoms with Gasteiger partial charge in [-0.2, -0.15) is 20.4 Å². The summed E-state index contributed by atoms with van der Waals surface area (Å²) in [6.45, 7) is 28.2.